The van der Waals surface area contributed by atoms with Gasteiger partial charge in [-0.3, -0.25) is 9.59 Å². The van der Waals surface area contributed by atoms with Crippen LogP contribution in [0.4, 0.5) is 8.78 Å². The first kappa shape index (κ1) is 19.1. The first-order valence-corrected chi connectivity index (χ1v) is 7.78. The van der Waals surface area contributed by atoms with Gasteiger partial charge in [0.1, 0.15) is 11.6 Å². The summed E-state index contributed by atoms with van der Waals surface area (Å²) in [6, 6.07) is 3.23. The van der Waals surface area contributed by atoms with Crippen molar-refractivity contribution in [3.05, 3.63) is 35.4 Å². The van der Waals surface area contributed by atoms with Crippen LogP contribution in [0.3, 0.4) is 0 Å². The number of aryl methyl sites for hydroxylation is 1. The van der Waals surface area contributed by atoms with Gasteiger partial charge in [-0.1, -0.05) is 13.8 Å². The van der Waals surface area contributed by atoms with Gasteiger partial charge in [-0.05, 0) is 43.4 Å². The molecule has 0 radical (unpaired) electrons. The molecule has 1 unspecified atom stereocenters. The lowest BCUT2D eigenvalue weighted by atomic mass is 9.79. The van der Waals surface area contributed by atoms with Crippen molar-refractivity contribution in [3.8, 4) is 0 Å². The standard InChI is InChI=1S/C17H24F2N2O2/c1-4-21-17(23)15(10(2)3)14(16(20)22)6-5-11-7-12(18)9-13(19)8-11/h7-10,14-15H,4-6H2,1-3H3,(H2,20,22)(H,21,23)/t14-,15?/m0/s1. The van der Waals surface area contributed by atoms with Gasteiger partial charge in [0, 0.05) is 18.5 Å². The molecule has 128 valence electrons. The largest absolute Gasteiger partial charge is 0.369 e. The number of nitrogens with two attached hydrogens (primary N) is 1. The zero-order valence-corrected chi connectivity index (χ0v) is 13.7. The molecular formula is C17H24F2N2O2. The molecular weight excluding hydrogens is 302 g/mol. The Balaban J connectivity index is 2.92. The summed E-state index contributed by atoms with van der Waals surface area (Å²) in [5, 5.41) is 2.71. The number of halogens is 2. The molecule has 0 aromatic heterocycles. The predicted octanol–water partition coefficient (Wildman–Crippen LogP) is 2.41. The minimum absolute atomic E-state index is 0.0803. The van der Waals surface area contributed by atoms with E-state index in [-0.39, 0.29) is 24.7 Å². The van der Waals surface area contributed by atoms with E-state index in [1.54, 1.807) is 6.92 Å². The summed E-state index contributed by atoms with van der Waals surface area (Å²) in [7, 11) is 0. The molecule has 0 saturated carbocycles. The highest BCUT2D eigenvalue weighted by molar-refractivity contribution is 5.87. The molecule has 0 aliphatic heterocycles. The molecule has 1 aromatic carbocycles. The molecule has 1 aromatic rings. The van der Waals surface area contributed by atoms with Crippen molar-refractivity contribution in [1.29, 1.82) is 0 Å². The fourth-order valence-corrected chi connectivity index (χ4v) is 2.82. The SMILES string of the molecule is CCNC(=O)C(C(C)C)[C@H](CCc1cc(F)cc(F)c1)C(N)=O. The van der Waals surface area contributed by atoms with Crippen LogP contribution in [-0.2, 0) is 16.0 Å². The van der Waals surface area contributed by atoms with Gasteiger partial charge in [-0.25, -0.2) is 8.78 Å². The third-order valence-corrected chi connectivity index (χ3v) is 3.84. The van der Waals surface area contributed by atoms with Crippen molar-refractivity contribution in [2.24, 2.45) is 23.5 Å². The van der Waals surface area contributed by atoms with Crippen LogP contribution in [0.25, 0.3) is 0 Å². The van der Waals surface area contributed by atoms with E-state index in [0.717, 1.165) is 6.07 Å². The zero-order chi connectivity index (χ0) is 17.6. The fraction of sp³-hybridized carbons (Fsp3) is 0.529. The molecule has 2 atom stereocenters. The third-order valence-electron chi connectivity index (χ3n) is 3.84. The second-order valence-corrected chi connectivity index (χ2v) is 5.99. The highest BCUT2D eigenvalue weighted by Gasteiger charge is 2.34. The second-order valence-electron chi connectivity index (χ2n) is 5.99. The van der Waals surface area contributed by atoms with Gasteiger partial charge in [0.2, 0.25) is 11.8 Å². The number of nitrogens with one attached hydrogen (secondary N) is 1. The van der Waals surface area contributed by atoms with Crippen LogP contribution in [0.15, 0.2) is 18.2 Å². The molecule has 0 saturated heterocycles. The van der Waals surface area contributed by atoms with E-state index in [4.69, 9.17) is 5.73 Å². The maximum atomic E-state index is 13.2. The van der Waals surface area contributed by atoms with E-state index in [1.807, 2.05) is 13.8 Å². The van der Waals surface area contributed by atoms with Crippen LogP contribution in [-0.4, -0.2) is 18.4 Å². The monoisotopic (exact) mass is 326 g/mol. The number of hydrogen-bond acceptors (Lipinski definition) is 2. The van der Waals surface area contributed by atoms with Gasteiger partial charge in [-0.2, -0.15) is 0 Å². The van der Waals surface area contributed by atoms with Crippen molar-refractivity contribution in [2.45, 2.75) is 33.6 Å². The number of carbonyl (C=O) groups is 2. The molecule has 2 amide bonds. The first-order chi connectivity index (χ1) is 10.8. The molecule has 0 spiro atoms. The van der Waals surface area contributed by atoms with Crippen LogP contribution >= 0.6 is 0 Å². The lowest BCUT2D eigenvalue weighted by Gasteiger charge is -2.27. The molecule has 23 heavy (non-hydrogen) atoms. The Morgan fingerprint density at radius 3 is 2.17 bits per heavy atom. The topological polar surface area (TPSA) is 72.2 Å². The Morgan fingerprint density at radius 1 is 1.17 bits per heavy atom. The average Bonchev–Trinajstić information content (AvgIpc) is 2.41. The Kier molecular flexibility index (Phi) is 7.13. The second kappa shape index (κ2) is 8.60. The summed E-state index contributed by atoms with van der Waals surface area (Å²) in [5.74, 6) is -3.47. The molecule has 0 aliphatic carbocycles. The van der Waals surface area contributed by atoms with Crippen LogP contribution in [0.5, 0.6) is 0 Å². The normalized spacial score (nSPS) is 13.7. The fourth-order valence-electron chi connectivity index (χ4n) is 2.82. The summed E-state index contributed by atoms with van der Waals surface area (Å²) in [4.78, 5) is 24.0. The Bertz CT molecular complexity index is 541. The van der Waals surface area contributed by atoms with Gasteiger partial charge in [0.05, 0.1) is 5.92 Å². The molecule has 0 bridgehead atoms. The molecule has 6 heteroatoms. The molecule has 0 heterocycles. The number of rotatable bonds is 8. The van der Waals surface area contributed by atoms with Crippen molar-refractivity contribution in [2.75, 3.05) is 6.54 Å². The van der Waals surface area contributed by atoms with Gasteiger partial charge >= 0.3 is 0 Å². The molecule has 3 N–H and O–H groups in total. The molecule has 4 nitrogen and oxygen atoms in total. The van der Waals surface area contributed by atoms with E-state index in [1.165, 1.54) is 12.1 Å². The number of primary amides is 1. The Hall–Kier alpha value is -1.98. The minimum Gasteiger partial charge on any atom is -0.369 e. The zero-order valence-electron chi connectivity index (χ0n) is 13.7. The van der Waals surface area contributed by atoms with E-state index in [0.29, 0.717) is 12.1 Å². The maximum Gasteiger partial charge on any atom is 0.224 e. The van der Waals surface area contributed by atoms with Crippen LogP contribution in [0, 0.1) is 29.4 Å². The van der Waals surface area contributed by atoms with Crippen molar-refractivity contribution in [3.63, 3.8) is 0 Å². The van der Waals surface area contributed by atoms with E-state index < -0.39 is 29.4 Å². The lowest BCUT2D eigenvalue weighted by Crippen LogP contribution is -2.43. The van der Waals surface area contributed by atoms with Crippen molar-refractivity contribution in [1.82, 2.24) is 5.32 Å². The Labute approximate surface area is 135 Å². The van der Waals surface area contributed by atoms with Crippen LogP contribution in [0.1, 0.15) is 32.8 Å². The summed E-state index contributed by atoms with van der Waals surface area (Å²) < 4.78 is 26.5. The first-order valence-electron chi connectivity index (χ1n) is 7.78. The summed E-state index contributed by atoms with van der Waals surface area (Å²) in [5.41, 5.74) is 5.90. The molecule has 1 rings (SSSR count). The third kappa shape index (κ3) is 5.62. The quantitative estimate of drug-likeness (QED) is 0.770. The van der Waals surface area contributed by atoms with Crippen molar-refractivity contribution < 1.29 is 18.4 Å². The van der Waals surface area contributed by atoms with Crippen molar-refractivity contribution >= 4 is 11.8 Å². The number of amides is 2. The van der Waals surface area contributed by atoms with E-state index >= 15 is 0 Å². The van der Waals surface area contributed by atoms with Gasteiger partial charge in [-0.15, -0.1) is 0 Å². The number of carbonyl (C=O) groups excluding carboxylic acids is 2. The number of benzene rings is 1. The summed E-state index contributed by atoms with van der Waals surface area (Å²) in [6.07, 6.45) is 0.531. The summed E-state index contributed by atoms with van der Waals surface area (Å²) in [6.45, 7) is 5.95. The Morgan fingerprint density at radius 2 is 1.74 bits per heavy atom. The van der Waals surface area contributed by atoms with E-state index in [9.17, 15) is 18.4 Å². The van der Waals surface area contributed by atoms with Gasteiger partial charge < -0.3 is 11.1 Å². The lowest BCUT2D eigenvalue weighted by molar-refractivity contribution is -0.135. The molecule has 0 aliphatic rings. The highest BCUT2D eigenvalue weighted by Crippen LogP contribution is 2.26. The van der Waals surface area contributed by atoms with E-state index in [2.05, 4.69) is 5.32 Å². The number of hydrogen-bond donors (Lipinski definition) is 2. The molecule has 0 fully saturated rings. The van der Waals surface area contributed by atoms with Crippen LogP contribution in [0.2, 0.25) is 0 Å². The minimum atomic E-state index is -0.687. The van der Waals surface area contributed by atoms with Gasteiger partial charge in [0.25, 0.3) is 0 Å². The average molecular weight is 326 g/mol. The van der Waals surface area contributed by atoms with Gasteiger partial charge in [0.15, 0.2) is 0 Å². The smallest absolute Gasteiger partial charge is 0.224 e. The summed E-state index contributed by atoms with van der Waals surface area (Å²) >= 11 is 0. The highest BCUT2D eigenvalue weighted by atomic mass is 19.1. The maximum absolute atomic E-state index is 13.2. The van der Waals surface area contributed by atoms with Crippen LogP contribution < -0.4 is 11.1 Å². The predicted molar refractivity (Wildman–Crippen MR) is 84.4 cm³/mol.